The van der Waals surface area contributed by atoms with Gasteiger partial charge in [-0.1, -0.05) is 35.2 Å². The van der Waals surface area contributed by atoms with Crippen molar-refractivity contribution in [3.05, 3.63) is 63.8 Å². The summed E-state index contributed by atoms with van der Waals surface area (Å²) >= 11 is 2.62. The van der Waals surface area contributed by atoms with Crippen LogP contribution in [0.5, 0.6) is 5.75 Å². The van der Waals surface area contributed by atoms with Gasteiger partial charge in [-0.05, 0) is 19.1 Å². The molecular formula is C18H15N5O4S2. The number of hydrogen-bond acceptors (Lipinski definition) is 9. The van der Waals surface area contributed by atoms with Crippen molar-refractivity contribution in [2.75, 3.05) is 12.4 Å². The molecule has 9 nitrogen and oxygen atoms in total. The molecule has 0 unspecified atom stereocenters. The van der Waals surface area contributed by atoms with Crippen molar-refractivity contribution in [3.8, 4) is 5.75 Å². The highest BCUT2D eigenvalue weighted by Crippen LogP contribution is 2.28. The maximum Gasteiger partial charge on any atom is 0.287 e. The first-order valence-electron chi connectivity index (χ1n) is 8.44. The molecule has 1 N–H and O–H groups in total. The van der Waals surface area contributed by atoms with Gasteiger partial charge in [-0.15, -0.1) is 14.8 Å². The number of anilines is 1. The van der Waals surface area contributed by atoms with Crippen LogP contribution in [0.3, 0.4) is 0 Å². The predicted octanol–water partition coefficient (Wildman–Crippen LogP) is 3.00. The van der Waals surface area contributed by atoms with Crippen molar-refractivity contribution in [3.63, 3.8) is 0 Å². The first-order chi connectivity index (χ1) is 14.0. The molecule has 3 heterocycles. The fourth-order valence-electron chi connectivity index (χ4n) is 2.60. The molecule has 11 heteroatoms. The summed E-state index contributed by atoms with van der Waals surface area (Å²) in [6, 6.07) is 10.1. The highest BCUT2D eigenvalue weighted by atomic mass is 32.2. The molecule has 1 aromatic carbocycles. The molecule has 0 bridgehead atoms. The number of hydrogen-bond donors (Lipinski definition) is 1. The molecular weight excluding hydrogens is 414 g/mol. The molecule has 0 atom stereocenters. The standard InChI is InChI=1S/C18H15N5O4S2/c1-10-7-14-19-11(8-15(24)23(14)27-10)9-28-18-22-21-17(29-18)20-16(25)12-5-3-4-6-13(12)26-2/h3-8H,9H2,1-2H3,(H,20,21,25). The number of carbonyl (C=O) groups excluding carboxylic acids is 1. The van der Waals surface area contributed by atoms with Gasteiger partial charge in [-0.3, -0.25) is 14.9 Å². The van der Waals surface area contributed by atoms with E-state index in [1.54, 1.807) is 37.3 Å². The Morgan fingerprint density at radius 1 is 1.31 bits per heavy atom. The molecule has 0 aliphatic rings. The number of amides is 1. The summed E-state index contributed by atoms with van der Waals surface area (Å²) in [5, 5.41) is 11.2. The Kier molecular flexibility index (Phi) is 5.32. The largest absolute Gasteiger partial charge is 0.496 e. The number of ether oxygens (including phenoxy) is 1. The van der Waals surface area contributed by atoms with Crippen molar-refractivity contribution in [1.29, 1.82) is 0 Å². The number of benzene rings is 1. The van der Waals surface area contributed by atoms with Crippen LogP contribution >= 0.6 is 23.1 Å². The molecule has 0 aliphatic heterocycles. The van der Waals surface area contributed by atoms with Gasteiger partial charge in [0.15, 0.2) is 9.99 Å². The summed E-state index contributed by atoms with van der Waals surface area (Å²) in [4.78, 5) is 28.9. The highest BCUT2D eigenvalue weighted by molar-refractivity contribution is 8.00. The number of nitrogens with one attached hydrogen (secondary N) is 1. The molecule has 4 rings (SSSR count). The van der Waals surface area contributed by atoms with Crippen LogP contribution in [-0.4, -0.2) is 32.8 Å². The summed E-state index contributed by atoms with van der Waals surface area (Å²) < 4.78 is 12.3. The lowest BCUT2D eigenvalue weighted by atomic mass is 10.2. The lowest BCUT2D eigenvalue weighted by Crippen LogP contribution is -2.12. The Labute approximate surface area is 172 Å². The van der Waals surface area contributed by atoms with Gasteiger partial charge >= 0.3 is 0 Å². The number of methoxy groups -OCH3 is 1. The molecule has 0 saturated carbocycles. The van der Waals surface area contributed by atoms with Gasteiger partial charge in [0, 0.05) is 17.9 Å². The fraction of sp³-hybridized carbons (Fsp3) is 0.167. The SMILES string of the molecule is COc1ccccc1C(=O)Nc1nnc(SCc2cc(=O)n3oc(C)cc3n2)s1. The van der Waals surface area contributed by atoms with Crippen LogP contribution in [0.2, 0.25) is 0 Å². The van der Waals surface area contributed by atoms with Crippen LogP contribution in [-0.2, 0) is 5.75 Å². The summed E-state index contributed by atoms with van der Waals surface area (Å²) in [5.74, 6) is 1.20. The molecule has 0 spiro atoms. The normalized spacial score (nSPS) is 11.0. The minimum atomic E-state index is -0.328. The second-order valence-corrected chi connectivity index (χ2v) is 8.10. The molecule has 0 saturated heterocycles. The zero-order valence-electron chi connectivity index (χ0n) is 15.4. The van der Waals surface area contributed by atoms with Crippen LogP contribution in [0.25, 0.3) is 5.65 Å². The summed E-state index contributed by atoms with van der Waals surface area (Å²) in [7, 11) is 1.51. The topological polar surface area (TPSA) is 112 Å². The average molecular weight is 429 g/mol. The minimum absolute atomic E-state index is 0.277. The molecule has 29 heavy (non-hydrogen) atoms. The summed E-state index contributed by atoms with van der Waals surface area (Å²) in [6.45, 7) is 1.75. The van der Waals surface area contributed by atoms with E-state index in [0.717, 1.165) is 4.57 Å². The maximum absolute atomic E-state index is 12.4. The number of para-hydroxylation sites is 1. The van der Waals surface area contributed by atoms with Crippen LogP contribution in [0, 0.1) is 6.92 Å². The van der Waals surface area contributed by atoms with Crippen LogP contribution in [0.4, 0.5) is 5.13 Å². The number of rotatable bonds is 6. The maximum atomic E-state index is 12.4. The van der Waals surface area contributed by atoms with E-state index in [2.05, 4.69) is 20.5 Å². The second kappa shape index (κ2) is 8.05. The van der Waals surface area contributed by atoms with E-state index >= 15 is 0 Å². The zero-order valence-corrected chi connectivity index (χ0v) is 17.0. The average Bonchev–Trinajstić information content (AvgIpc) is 3.32. The summed E-state index contributed by atoms with van der Waals surface area (Å²) in [5.41, 5.74) is 1.21. The minimum Gasteiger partial charge on any atom is -0.496 e. The number of fused-ring (bicyclic) bond motifs is 1. The van der Waals surface area contributed by atoms with Crippen molar-refractivity contribution < 1.29 is 14.1 Å². The molecule has 1 amide bonds. The van der Waals surface area contributed by atoms with E-state index in [-0.39, 0.29) is 11.5 Å². The third kappa shape index (κ3) is 4.15. The molecule has 0 fully saturated rings. The zero-order chi connectivity index (χ0) is 20.4. The van der Waals surface area contributed by atoms with Gasteiger partial charge in [0.25, 0.3) is 11.5 Å². The number of thioether (sulfide) groups is 1. The Morgan fingerprint density at radius 3 is 2.97 bits per heavy atom. The van der Waals surface area contributed by atoms with Crippen molar-refractivity contribution in [2.24, 2.45) is 0 Å². The molecule has 148 valence electrons. The van der Waals surface area contributed by atoms with E-state index in [1.165, 1.54) is 36.3 Å². The Morgan fingerprint density at radius 2 is 2.14 bits per heavy atom. The van der Waals surface area contributed by atoms with Crippen LogP contribution < -0.4 is 15.6 Å². The van der Waals surface area contributed by atoms with Crippen molar-refractivity contribution in [2.45, 2.75) is 17.0 Å². The highest BCUT2D eigenvalue weighted by Gasteiger charge is 2.15. The fourth-order valence-corrected chi connectivity index (χ4v) is 4.24. The molecule has 3 aromatic heterocycles. The predicted molar refractivity (Wildman–Crippen MR) is 109 cm³/mol. The smallest absolute Gasteiger partial charge is 0.287 e. The Balaban J connectivity index is 1.43. The van der Waals surface area contributed by atoms with Crippen LogP contribution in [0.1, 0.15) is 21.8 Å². The van der Waals surface area contributed by atoms with Gasteiger partial charge < -0.3 is 9.26 Å². The van der Waals surface area contributed by atoms with E-state index in [0.29, 0.717) is 43.6 Å². The quantitative estimate of drug-likeness (QED) is 0.368. The molecule has 0 radical (unpaired) electrons. The van der Waals surface area contributed by atoms with Crippen molar-refractivity contribution >= 4 is 39.8 Å². The number of carbonyl (C=O) groups is 1. The summed E-state index contributed by atoms with van der Waals surface area (Å²) in [6.07, 6.45) is 0. The van der Waals surface area contributed by atoms with Crippen LogP contribution in [0.15, 0.2) is 50.1 Å². The lowest BCUT2D eigenvalue weighted by Gasteiger charge is -2.06. The monoisotopic (exact) mass is 429 g/mol. The lowest BCUT2D eigenvalue weighted by molar-refractivity contribution is 0.102. The Hall–Kier alpha value is -3.18. The molecule has 4 aromatic rings. The first-order valence-corrected chi connectivity index (χ1v) is 10.2. The van der Waals surface area contributed by atoms with E-state index < -0.39 is 0 Å². The number of aryl methyl sites for hydroxylation is 1. The van der Waals surface area contributed by atoms with Gasteiger partial charge in [-0.2, -0.15) is 0 Å². The van der Waals surface area contributed by atoms with E-state index in [9.17, 15) is 9.59 Å². The van der Waals surface area contributed by atoms with Gasteiger partial charge in [0.2, 0.25) is 5.13 Å². The Bertz CT molecular complexity index is 1250. The third-order valence-electron chi connectivity index (χ3n) is 3.85. The first kappa shape index (κ1) is 19.2. The van der Waals surface area contributed by atoms with E-state index in [1.807, 2.05) is 0 Å². The van der Waals surface area contributed by atoms with Gasteiger partial charge in [-0.25, -0.2) is 4.98 Å². The van der Waals surface area contributed by atoms with Crippen molar-refractivity contribution in [1.82, 2.24) is 19.8 Å². The molecule has 0 aliphatic carbocycles. The third-order valence-corrected chi connectivity index (χ3v) is 5.85. The van der Waals surface area contributed by atoms with Gasteiger partial charge in [0.05, 0.1) is 18.4 Å². The second-order valence-electron chi connectivity index (χ2n) is 5.90. The number of aromatic nitrogens is 4. The van der Waals surface area contributed by atoms with E-state index in [4.69, 9.17) is 9.26 Å². The van der Waals surface area contributed by atoms with Gasteiger partial charge in [0.1, 0.15) is 11.5 Å². The number of nitrogens with zero attached hydrogens (tertiary/aromatic N) is 4.